The van der Waals surface area contributed by atoms with Crippen LogP contribution in [0.2, 0.25) is 0 Å². The number of nitrogen functional groups attached to an aromatic ring is 1. The van der Waals surface area contributed by atoms with Gasteiger partial charge in [-0.1, -0.05) is 17.7 Å². The SMILES string of the molecule is CCOC(=O)CONC(=Nc1ccc(C)cc1C)c1nonc1N. The van der Waals surface area contributed by atoms with Crippen molar-refractivity contribution in [2.75, 3.05) is 18.9 Å². The van der Waals surface area contributed by atoms with Crippen molar-refractivity contribution in [3.63, 3.8) is 0 Å². The summed E-state index contributed by atoms with van der Waals surface area (Å²) in [5.41, 5.74) is 11.2. The molecule has 0 amide bonds. The minimum absolute atomic E-state index is 0.0470. The summed E-state index contributed by atoms with van der Waals surface area (Å²) in [7, 11) is 0. The highest BCUT2D eigenvalue weighted by atomic mass is 16.7. The first-order valence-corrected chi connectivity index (χ1v) is 7.29. The van der Waals surface area contributed by atoms with E-state index in [1.807, 2.05) is 32.0 Å². The van der Waals surface area contributed by atoms with Crippen molar-refractivity contribution >= 4 is 23.3 Å². The number of hydrogen-bond donors (Lipinski definition) is 2. The van der Waals surface area contributed by atoms with Gasteiger partial charge >= 0.3 is 5.97 Å². The van der Waals surface area contributed by atoms with Gasteiger partial charge in [0.15, 0.2) is 24.0 Å². The van der Waals surface area contributed by atoms with Gasteiger partial charge < -0.3 is 10.5 Å². The number of benzene rings is 1. The van der Waals surface area contributed by atoms with Gasteiger partial charge in [0.1, 0.15) is 0 Å². The maximum atomic E-state index is 11.3. The number of hydroxylamine groups is 1. The van der Waals surface area contributed by atoms with Gasteiger partial charge in [0.25, 0.3) is 0 Å². The van der Waals surface area contributed by atoms with Crippen molar-refractivity contribution in [2.24, 2.45) is 4.99 Å². The lowest BCUT2D eigenvalue weighted by Crippen LogP contribution is -2.29. The van der Waals surface area contributed by atoms with E-state index in [0.29, 0.717) is 5.69 Å². The average Bonchev–Trinajstić information content (AvgIpc) is 2.95. The standard InChI is InChI=1S/C15H19N5O4/c1-4-22-12(21)8-23-20-15(13-14(16)19-24-18-13)17-11-6-5-9(2)7-10(11)3/h5-7H,4,8H2,1-3H3,(H2,16,19)(H,17,20). The van der Waals surface area contributed by atoms with Gasteiger partial charge in [0.05, 0.1) is 12.3 Å². The molecule has 9 heteroatoms. The molecule has 0 atom stereocenters. The molecule has 0 aliphatic heterocycles. The molecular weight excluding hydrogens is 314 g/mol. The summed E-state index contributed by atoms with van der Waals surface area (Å²) in [6.07, 6.45) is 0. The fraction of sp³-hybridized carbons (Fsp3) is 0.333. The van der Waals surface area contributed by atoms with Crippen molar-refractivity contribution in [1.29, 1.82) is 0 Å². The van der Waals surface area contributed by atoms with Crippen LogP contribution in [0.4, 0.5) is 11.5 Å². The Morgan fingerprint density at radius 1 is 1.38 bits per heavy atom. The lowest BCUT2D eigenvalue weighted by atomic mass is 10.1. The van der Waals surface area contributed by atoms with Crippen LogP contribution in [0, 0.1) is 13.8 Å². The molecule has 3 N–H and O–H groups in total. The summed E-state index contributed by atoms with van der Waals surface area (Å²) in [6.45, 7) is 5.59. The molecule has 0 aliphatic rings. The second kappa shape index (κ2) is 8.06. The summed E-state index contributed by atoms with van der Waals surface area (Å²) >= 11 is 0. The van der Waals surface area contributed by atoms with Gasteiger partial charge in [-0.05, 0) is 42.7 Å². The van der Waals surface area contributed by atoms with Gasteiger partial charge in [-0.25, -0.2) is 19.9 Å². The Morgan fingerprint density at radius 3 is 2.79 bits per heavy atom. The maximum Gasteiger partial charge on any atom is 0.334 e. The number of aliphatic imine (C=N–C) groups is 1. The zero-order valence-electron chi connectivity index (χ0n) is 13.7. The van der Waals surface area contributed by atoms with Crippen molar-refractivity contribution in [2.45, 2.75) is 20.8 Å². The summed E-state index contributed by atoms with van der Waals surface area (Å²) in [6, 6.07) is 5.76. The molecule has 0 bridgehead atoms. The largest absolute Gasteiger partial charge is 0.464 e. The van der Waals surface area contributed by atoms with E-state index in [2.05, 4.69) is 25.4 Å². The van der Waals surface area contributed by atoms with Gasteiger partial charge in [-0.3, -0.25) is 4.84 Å². The number of aryl methyl sites for hydroxylation is 2. The van der Waals surface area contributed by atoms with Crippen LogP contribution in [-0.2, 0) is 14.4 Å². The monoisotopic (exact) mass is 333 g/mol. The Kier molecular flexibility index (Phi) is 5.85. The van der Waals surface area contributed by atoms with Crippen LogP contribution < -0.4 is 11.2 Å². The normalized spacial score (nSPS) is 11.4. The first-order chi connectivity index (χ1) is 11.5. The number of rotatable bonds is 6. The van der Waals surface area contributed by atoms with Crippen LogP contribution >= 0.6 is 0 Å². The van der Waals surface area contributed by atoms with E-state index in [1.54, 1.807) is 6.92 Å². The molecule has 0 unspecified atom stereocenters. The molecule has 24 heavy (non-hydrogen) atoms. The fourth-order valence-corrected chi connectivity index (χ4v) is 1.90. The van der Waals surface area contributed by atoms with Crippen LogP contribution in [-0.4, -0.2) is 35.3 Å². The lowest BCUT2D eigenvalue weighted by Gasteiger charge is -2.09. The second-order valence-corrected chi connectivity index (χ2v) is 4.94. The molecule has 0 saturated heterocycles. The highest BCUT2D eigenvalue weighted by Crippen LogP contribution is 2.21. The van der Waals surface area contributed by atoms with Crippen LogP contribution in [0.3, 0.4) is 0 Å². The number of hydrogen-bond acceptors (Lipinski definition) is 8. The topological polar surface area (TPSA) is 125 Å². The molecule has 9 nitrogen and oxygen atoms in total. The second-order valence-electron chi connectivity index (χ2n) is 4.94. The van der Waals surface area contributed by atoms with Gasteiger partial charge in [0.2, 0.25) is 0 Å². The molecule has 0 saturated carbocycles. The number of ether oxygens (including phenoxy) is 1. The number of amidine groups is 1. The number of nitrogens with one attached hydrogen (secondary N) is 1. The van der Waals surface area contributed by atoms with Crippen LogP contribution in [0.1, 0.15) is 23.7 Å². The number of nitrogens with two attached hydrogens (primary N) is 1. The van der Waals surface area contributed by atoms with Crippen molar-refractivity contribution in [3.8, 4) is 0 Å². The molecule has 128 valence electrons. The minimum Gasteiger partial charge on any atom is -0.464 e. The molecule has 2 aromatic rings. The molecule has 1 aromatic heterocycles. The van der Waals surface area contributed by atoms with Crippen LogP contribution in [0.15, 0.2) is 27.8 Å². The third-order valence-electron chi connectivity index (χ3n) is 2.99. The predicted molar refractivity (Wildman–Crippen MR) is 86.5 cm³/mol. The number of carbonyl (C=O) groups excluding carboxylic acids is 1. The molecule has 0 aliphatic carbocycles. The number of nitrogens with zero attached hydrogens (tertiary/aromatic N) is 3. The van der Waals surface area contributed by atoms with E-state index in [-0.39, 0.29) is 30.6 Å². The Morgan fingerprint density at radius 2 is 2.17 bits per heavy atom. The lowest BCUT2D eigenvalue weighted by molar-refractivity contribution is -0.149. The van der Waals surface area contributed by atoms with E-state index in [0.717, 1.165) is 11.1 Å². The van der Waals surface area contributed by atoms with E-state index in [9.17, 15) is 4.79 Å². The Hall–Kier alpha value is -2.94. The number of carbonyl (C=O) groups is 1. The van der Waals surface area contributed by atoms with E-state index in [4.69, 9.17) is 15.3 Å². The van der Waals surface area contributed by atoms with Crippen LogP contribution in [0.5, 0.6) is 0 Å². The molecule has 1 aromatic carbocycles. The number of aromatic nitrogens is 2. The first kappa shape index (κ1) is 17.4. The Balaban J connectivity index is 2.22. The third kappa shape index (κ3) is 4.53. The van der Waals surface area contributed by atoms with Gasteiger partial charge in [0, 0.05) is 0 Å². The Bertz CT molecular complexity index is 741. The number of anilines is 1. The summed E-state index contributed by atoms with van der Waals surface area (Å²) < 4.78 is 9.36. The summed E-state index contributed by atoms with van der Waals surface area (Å²) in [5.74, 6) is -0.294. The van der Waals surface area contributed by atoms with Crippen molar-refractivity contribution < 1.29 is 19.0 Å². The van der Waals surface area contributed by atoms with Crippen molar-refractivity contribution in [1.82, 2.24) is 15.8 Å². The van der Waals surface area contributed by atoms with E-state index in [1.165, 1.54) is 0 Å². The van der Waals surface area contributed by atoms with Crippen LogP contribution in [0.25, 0.3) is 0 Å². The molecule has 0 fully saturated rings. The predicted octanol–water partition coefficient (Wildman–Crippen LogP) is 1.43. The molecule has 2 rings (SSSR count). The molecular formula is C15H19N5O4. The molecule has 0 radical (unpaired) electrons. The van der Waals surface area contributed by atoms with Gasteiger partial charge in [-0.2, -0.15) is 0 Å². The zero-order valence-corrected chi connectivity index (χ0v) is 13.7. The minimum atomic E-state index is -0.512. The van der Waals surface area contributed by atoms with Gasteiger partial charge in [-0.15, -0.1) is 0 Å². The third-order valence-corrected chi connectivity index (χ3v) is 2.99. The quantitative estimate of drug-likeness (QED) is 0.352. The van der Waals surface area contributed by atoms with E-state index < -0.39 is 5.97 Å². The fourth-order valence-electron chi connectivity index (χ4n) is 1.90. The Labute approximate surface area is 138 Å². The molecule has 1 heterocycles. The zero-order chi connectivity index (χ0) is 17.5. The first-order valence-electron chi connectivity index (χ1n) is 7.29. The smallest absolute Gasteiger partial charge is 0.334 e. The average molecular weight is 333 g/mol. The van der Waals surface area contributed by atoms with E-state index >= 15 is 0 Å². The highest BCUT2D eigenvalue weighted by molar-refractivity contribution is 6.01. The highest BCUT2D eigenvalue weighted by Gasteiger charge is 2.16. The summed E-state index contributed by atoms with van der Waals surface area (Å²) in [4.78, 5) is 20.9. The summed E-state index contributed by atoms with van der Waals surface area (Å²) in [5, 5.41) is 7.20. The van der Waals surface area contributed by atoms with Crippen molar-refractivity contribution in [3.05, 3.63) is 35.0 Å². The maximum absolute atomic E-state index is 11.3. The number of esters is 1. The molecule has 0 spiro atoms.